The molecule has 1 aromatic heterocycles. The molecule has 0 saturated heterocycles. The van der Waals surface area contributed by atoms with Gasteiger partial charge in [0.05, 0.1) is 10.8 Å². The minimum absolute atomic E-state index is 0.0504. The first-order valence-electron chi connectivity index (χ1n) is 14.1. The van der Waals surface area contributed by atoms with Gasteiger partial charge in [0.25, 0.3) is 0 Å². The van der Waals surface area contributed by atoms with Gasteiger partial charge in [0.15, 0.2) is 0 Å². The zero-order chi connectivity index (χ0) is 25.2. The van der Waals surface area contributed by atoms with Gasteiger partial charge in [-0.15, -0.1) is 0 Å². The summed E-state index contributed by atoms with van der Waals surface area (Å²) in [6, 6.07) is 0. The highest BCUT2D eigenvalue weighted by Gasteiger charge is 2.64. The van der Waals surface area contributed by atoms with Crippen molar-refractivity contribution < 1.29 is 9.59 Å². The topological polar surface area (TPSA) is 96.9 Å². The molecule has 36 heavy (non-hydrogen) atoms. The predicted octanol–water partition coefficient (Wildman–Crippen LogP) is 5.74. The first-order chi connectivity index (χ1) is 16.8. The van der Waals surface area contributed by atoms with Crippen LogP contribution in [0.15, 0.2) is 6.33 Å². The quantitative estimate of drug-likeness (QED) is 0.560. The van der Waals surface area contributed by atoms with E-state index in [-0.39, 0.29) is 56.2 Å². The molecular weight excluding hydrogens is 450 g/mol. The summed E-state index contributed by atoms with van der Waals surface area (Å²) in [4.78, 5) is 40.4. The second kappa shape index (κ2) is 6.87. The third-order valence-corrected chi connectivity index (χ3v) is 11.2. The maximum absolute atomic E-state index is 13.7. The molecular formula is C29H41N5O2. The van der Waals surface area contributed by atoms with E-state index in [1.807, 2.05) is 0 Å². The van der Waals surface area contributed by atoms with Crippen LogP contribution in [0.2, 0.25) is 0 Å². The molecule has 0 aromatic carbocycles. The molecule has 4 unspecified atom stereocenters. The van der Waals surface area contributed by atoms with Gasteiger partial charge in [0.1, 0.15) is 6.33 Å². The molecule has 8 aliphatic rings. The molecule has 2 amide bonds. The van der Waals surface area contributed by atoms with Gasteiger partial charge in [-0.1, -0.05) is 27.7 Å². The minimum Gasteiger partial charge on any atom is -0.294 e. The summed E-state index contributed by atoms with van der Waals surface area (Å²) in [7, 11) is 0. The highest BCUT2D eigenvalue weighted by molar-refractivity contribution is 5.96. The average molecular weight is 492 g/mol. The van der Waals surface area contributed by atoms with Crippen LogP contribution in [0.3, 0.4) is 0 Å². The third-order valence-electron chi connectivity index (χ3n) is 11.2. The Bertz CT molecular complexity index is 1040. The summed E-state index contributed by atoms with van der Waals surface area (Å²) >= 11 is 0. The molecule has 194 valence electrons. The fourth-order valence-corrected chi connectivity index (χ4v) is 12.3. The molecule has 1 heterocycles. The molecule has 2 N–H and O–H groups in total. The van der Waals surface area contributed by atoms with Crippen molar-refractivity contribution in [2.24, 2.45) is 44.3 Å². The Morgan fingerprint density at radius 2 is 1.00 bits per heavy atom. The average Bonchev–Trinajstić information content (AvgIpc) is 2.68. The van der Waals surface area contributed by atoms with Gasteiger partial charge in [-0.2, -0.15) is 4.98 Å². The van der Waals surface area contributed by atoms with E-state index in [1.165, 1.54) is 44.9 Å². The summed E-state index contributed by atoms with van der Waals surface area (Å²) in [5.74, 6) is 1.88. The van der Waals surface area contributed by atoms with Crippen LogP contribution < -0.4 is 10.6 Å². The Kier molecular flexibility index (Phi) is 4.41. The van der Waals surface area contributed by atoms with E-state index < -0.39 is 0 Å². The van der Waals surface area contributed by atoms with E-state index in [0.717, 1.165) is 38.5 Å². The number of hydrogen-bond donors (Lipinski definition) is 2. The SMILES string of the molecule is CC12CC3CC(C)(C1)CC(C(=O)Nc1ncnc(NC(=O)C45CC6CC(C)(CC(C)(C6)C4)C5)n1)(C3)C2. The van der Waals surface area contributed by atoms with Crippen LogP contribution in [0.25, 0.3) is 0 Å². The number of hydrogen-bond acceptors (Lipinski definition) is 5. The fraction of sp³-hybridized carbons (Fsp3) is 0.828. The van der Waals surface area contributed by atoms with E-state index >= 15 is 0 Å². The van der Waals surface area contributed by atoms with Gasteiger partial charge < -0.3 is 0 Å². The number of aromatic nitrogens is 3. The molecule has 8 fully saturated rings. The second-order valence-corrected chi connectivity index (χ2v) is 15.9. The molecule has 4 atom stereocenters. The van der Waals surface area contributed by atoms with E-state index in [0.29, 0.717) is 11.8 Å². The Balaban J connectivity index is 1.09. The van der Waals surface area contributed by atoms with Crippen molar-refractivity contribution in [1.29, 1.82) is 0 Å². The fourth-order valence-electron chi connectivity index (χ4n) is 12.3. The maximum atomic E-state index is 13.7. The van der Waals surface area contributed by atoms with Gasteiger partial charge in [-0.05, 0) is 111 Å². The lowest BCUT2D eigenvalue weighted by Gasteiger charge is -2.64. The van der Waals surface area contributed by atoms with Crippen molar-refractivity contribution in [3.8, 4) is 0 Å². The summed E-state index contributed by atoms with van der Waals surface area (Å²) in [5.41, 5.74) is 0.375. The number of nitrogens with zero attached hydrogens (tertiary/aromatic N) is 3. The van der Waals surface area contributed by atoms with Crippen LogP contribution in [0.5, 0.6) is 0 Å². The van der Waals surface area contributed by atoms with Gasteiger partial charge in [0, 0.05) is 0 Å². The van der Waals surface area contributed by atoms with Crippen LogP contribution in [-0.2, 0) is 9.59 Å². The number of anilines is 2. The minimum atomic E-state index is -0.330. The van der Waals surface area contributed by atoms with Gasteiger partial charge in [0.2, 0.25) is 23.7 Å². The van der Waals surface area contributed by atoms with Gasteiger partial charge in [-0.3, -0.25) is 20.2 Å². The van der Waals surface area contributed by atoms with Gasteiger partial charge in [-0.25, -0.2) is 9.97 Å². The van der Waals surface area contributed by atoms with Crippen molar-refractivity contribution in [1.82, 2.24) is 15.0 Å². The van der Waals surface area contributed by atoms with E-state index in [9.17, 15) is 9.59 Å². The number of amides is 2. The number of carbonyl (C=O) groups excluding carboxylic acids is 2. The molecule has 7 nitrogen and oxygen atoms in total. The predicted molar refractivity (Wildman–Crippen MR) is 137 cm³/mol. The zero-order valence-electron chi connectivity index (χ0n) is 22.4. The first-order valence-corrected chi connectivity index (χ1v) is 14.1. The Hall–Kier alpha value is -2.05. The smallest absolute Gasteiger partial charge is 0.234 e. The van der Waals surface area contributed by atoms with Crippen molar-refractivity contribution in [2.75, 3.05) is 10.6 Å². The van der Waals surface area contributed by atoms with Gasteiger partial charge >= 0.3 is 0 Å². The van der Waals surface area contributed by atoms with Crippen LogP contribution in [-0.4, -0.2) is 26.8 Å². The summed E-state index contributed by atoms with van der Waals surface area (Å²) in [6.45, 7) is 9.50. The number of nitrogens with one attached hydrogen (secondary N) is 2. The van der Waals surface area contributed by atoms with Crippen molar-refractivity contribution in [3.63, 3.8) is 0 Å². The molecule has 9 rings (SSSR count). The lowest BCUT2D eigenvalue weighted by atomic mass is 9.40. The largest absolute Gasteiger partial charge is 0.294 e. The molecule has 7 heteroatoms. The van der Waals surface area contributed by atoms with Crippen LogP contribution in [0.4, 0.5) is 11.9 Å². The standard InChI is InChI=1S/C29H41N5O2/c1-24-5-18-6-25(2,11-24)14-28(9-18,13-24)20(35)32-22-30-17-31-23(34-22)33-21(36)29-10-19-7-26(3,15-29)12-27(4,8-19)16-29/h17-19H,5-16H2,1-4H3,(H2,30,31,32,33,34,35,36). The summed E-state index contributed by atoms with van der Waals surface area (Å²) in [6.07, 6.45) is 14.6. The lowest BCUT2D eigenvalue weighted by molar-refractivity contribution is -0.165. The molecule has 8 bridgehead atoms. The lowest BCUT2D eigenvalue weighted by Crippen LogP contribution is -2.59. The normalized spacial score (nSPS) is 49.8. The number of carbonyl (C=O) groups is 2. The Labute approximate surface area is 214 Å². The van der Waals surface area contributed by atoms with Crippen LogP contribution in [0, 0.1) is 44.3 Å². The zero-order valence-corrected chi connectivity index (χ0v) is 22.4. The first kappa shape index (κ1) is 23.1. The summed E-state index contributed by atoms with van der Waals surface area (Å²) < 4.78 is 0. The molecule has 8 saturated carbocycles. The van der Waals surface area contributed by atoms with E-state index in [1.54, 1.807) is 0 Å². The molecule has 8 aliphatic carbocycles. The number of rotatable bonds is 4. The molecule has 0 spiro atoms. The third kappa shape index (κ3) is 3.47. The monoisotopic (exact) mass is 491 g/mol. The Morgan fingerprint density at radius 3 is 1.33 bits per heavy atom. The van der Waals surface area contributed by atoms with E-state index in [2.05, 4.69) is 53.3 Å². The van der Waals surface area contributed by atoms with Crippen LogP contribution >= 0.6 is 0 Å². The highest BCUT2D eigenvalue weighted by atomic mass is 16.2. The molecule has 0 radical (unpaired) electrons. The second-order valence-electron chi connectivity index (χ2n) is 15.9. The maximum Gasteiger partial charge on any atom is 0.234 e. The van der Waals surface area contributed by atoms with Crippen LogP contribution in [0.1, 0.15) is 105 Å². The van der Waals surface area contributed by atoms with E-state index in [4.69, 9.17) is 0 Å². The van der Waals surface area contributed by atoms with Crippen molar-refractivity contribution in [3.05, 3.63) is 6.33 Å². The molecule has 0 aliphatic heterocycles. The highest BCUT2D eigenvalue weighted by Crippen LogP contribution is 2.71. The van der Waals surface area contributed by atoms with Crippen molar-refractivity contribution >= 4 is 23.7 Å². The molecule has 1 aromatic rings. The Morgan fingerprint density at radius 1 is 0.639 bits per heavy atom. The summed E-state index contributed by atoms with van der Waals surface area (Å²) in [5, 5.41) is 6.08. The van der Waals surface area contributed by atoms with Crippen molar-refractivity contribution in [2.45, 2.75) is 105 Å².